The van der Waals surface area contributed by atoms with Crippen molar-refractivity contribution in [1.82, 2.24) is 15.0 Å². The lowest BCUT2D eigenvalue weighted by Crippen LogP contribution is -2.58. The number of nitrogens with two attached hydrogens (primary N) is 1. The molecule has 0 aromatic carbocycles. The number of nitrogens with one attached hydrogen (secondary N) is 2. The highest BCUT2D eigenvalue weighted by Gasteiger charge is 2.54. The molecule has 32 heavy (non-hydrogen) atoms. The Balaban J connectivity index is 1.28. The standard InChI is InChI=1S/C24H31N7S/c1-2-32-22-16(4-3-5-27-22)12-28-23-29-13-19(11-25)21(31-23)30-14-24-8-15-6-17(9-24)20(26)18(7-15)10-24/h3-5,13,15,17-18,20H,2,6-10,12,14,26H2,1H3,(H2,28,29,30,31)/t15?,17-,18+,20?,24?. The van der Waals surface area contributed by atoms with E-state index in [9.17, 15) is 5.26 Å². The summed E-state index contributed by atoms with van der Waals surface area (Å²) < 4.78 is 0. The molecule has 4 N–H and O–H groups in total. The van der Waals surface area contributed by atoms with Gasteiger partial charge in [-0.3, -0.25) is 0 Å². The number of thioether (sulfide) groups is 1. The fourth-order valence-corrected chi connectivity index (χ4v) is 7.14. The van der Waals surface area contributed by atoms with Crippen LogP contribution in [0.5, 0.6) is 0 Å². The van der Waals surface area contributed by atoms with Gasteiger partial charge in [-0.05, 0) is 67.1 Å². The SMILES string of the molecule is CCSc1ncccc1CNc1ncc(C#N)c(NCC23CC4C[C@H](C2)C(N)[C@@H](C4)C3)n1. The van der Waals surface area contributed by atoms with Gasteiger partial charge < -0.3 is 16.4 Å². The van der Waals surface area contributed by atoms with E-state index in [0.717, 1.165) is 28.8 Å². The molecular formula is C24H31N7S. The summed E-state index contributed by atoms with van der Waals surface area (Å²) in [5.41, 5.74) is 8.41. The Labute approximate surface area is 194 Å². The van der Waals surface area contributed by atoms with Crippen molar-refractivity contribution < 1.29 is 0 Å². The molecule has 3 unspecified atom stereocenters. The van der Waals surface area contributed by atoms with Crippen LogP contribution in [0.15, 0.2) is 29.6 Å². The molecule has 4 aliphatic rings. The molecular weight excluding hydrogens is 418 g/mol. The smallest absolute Gasteiger partial charge is 0.224 e. The molecule has 2 aromatic heterocycles. The molecule has 0 radical (unpaired) electrons. The van der Waals surface area contributed by atoms with Crippen molar-refractivity contribution in [1.29, 1.82) is 5.26 Å². The average molecular weight is 450 g/mol. The first-order valence-corrected chi connectivity index (χ1v) is 12.6. The third-order valence-corrected chi connectivity index (χ3v) is 8.51. The maximum atomic E-state index is 9.59. The first-order chi connectivity index (χ1) is 15.6. The lowest BCUT2D eigenvalue weighted by molar-refractivity contribution is -0.0591. The lowest BCUT2D eigenvalue weighted by atomic mass is 9.48. The zero-order valence-electron chi connectivity index (χ0n) is 18.6. The number of hydrogen-bond donors (Lipinski definition) is 3. The van der Waals surface area contributed by atoms with Gasteiger partial charge in [0.15, 0.2) is 0 Å². The molecule has 0 amide bonds. The second-order valence-corrected chi connectivity index (χ2v) is 11.0. The Kier molecular flexibility index (Phi) is 5.95. The second kappa shape index (κ2) is 8.87. The maximum Gasteiger partial charge on any atom is 0.224 e. The van der Waals surface area contributed by atoms with Crippen molar-refractivity contribution >= 4 is 23.5 Å². The monoisotopic (exact) mass is 449 g/mol. The van der Waals surface area contributed by atoms with E-state index in [4.69, 9.17) is 5.73 Å². The predicted molar refractivity (Wildman–Crippen MR) is 127 cm³/mol. The summed E-state index contributed by atoms with van der Waals surface area (Å²) in [5, 5.41) is 17.5. The van der Waals surface area contributed by atoms with Crippen molar-refractivity contribution in [2.45, 2.75) is 56.6 Å². The molecule has 0 aliphatic heterocycles. The normalized spacial score (nSPS) is 30.2. The van der Waals surface area contributed by atoms with Crippen molar-refractivity contribution in [3.63, 3.8) is 0 Å². The van der Waals surface area contributed by atoms with Gasteiger partial charge in [-0.15, -0.1) is 11.8 Å². The molecule has 8 heteroatoms. The number of nitriles is 1. The highest BCUT2D eigenvalue weighted by atomic mass is 32.2. The largest absolute Gasteiger partial charge is 0.368 e. The summed E-state index contributed by atoms with van der Waals surface area (Å²) in [4.78, 5) is 13.5. The van der Waals surface area contributed by atoms with E-state index in [1.807, 2.05) is 12.3 Å². The maximum absolute atomic E-state index is 9.59. The third kappa shape index (κ3) is 4.16. The number of aromatic nitrogens is 3. The highest BCUT2D eigenvalue weighted by molar-refractivity contribution is 7.99. The number of pyridine rings is 1. The molecule has 5 atom stereocenters. The van der Waals surface area contributed by atoms with E-state index in [2.05, 4.69) is 44.6 Å². The number of nitrogens with zero attached hydrogens (tertiary/aromatic N) is 4. The minimum atomic E-state index is 0.291. The minimum Gasteiger partial charge on any atom is -0.368 e. The molecule has 2 aromatic rings. The molecule has 2 heterocycles. The van der Waals surface area contributed by atoms with Crippen LogP contribution >= 0.6 is 11.8 Å². The molecule has 168 valence electrons. The van der Waals surface area contributed by atoms with Gasteiger partial charge in [0.25, 0.3) is 0 Å². The molecule has 4 aliphatic carbocycles. The van der Waals surface area contributed by atoms with E-state index in [1.54, 1.807) is 18.0 Å². The fourth-order valence-electron chi connectivity index (χ4n) is 6.40. The average Bonchev–Trinajstić information content (AvgIpc) is 2.80. The predicted octanol–water partition coefficient (Wildman–Crippen LogP) is 4.03. The van der Waals surface area contributed by atoms with Gasteiger partial charge in [-0.2, -0.15) is 10.2 Å². The van der Waals surface area contributed by atoms with Gasteiger partial charge in [-0.1, -0.05) is 13.0 Å². The van der Waals surface area contributed by atoms with Crippen molar-refractivity contribution in [3.8, 4) is 6.07 Å². The topological polar surface area (TPSA) is 113 Å². The van der Waals surface area contributed by atoms with E-state index < -0.39 is 0 Å². The summed E-state index contributed by atoms with van der Waals surface area (Å²) in [6, 6.07) is 6.63. The van der Waals surface area contributed by atoms with Crippen molar-refractivity contribution in [3.05, 3.63) is 35.7 Å². The van der Waals surface area contributed by atoms with Crippen molar-refractivity contribution in [2.75, 3.05) is 22.9 Å². The molecule has 4 fully saturated rings. The molecule has 4 saturated carbocycles. The quantitative estimate of drug-likeness (QED) is 0.518. The molecule has 0 spiro atoms. The molecule has 7 nitrogen and oxygen atoms in total. The second-order valence-electron chi connectivity index (χ2n) is 9.72. The van der Waals surface area contributed by atoms with Crippen molar-refractivity contribution in [2.24, 2.45) is 28.9 Å². The zero-order chi connectivity index (χ0) is 22.1. The Bertz CT molecular complexity index is 1000. The van der Waals surface area contributed by atoms with Crippen LogP contribution in [0.25, 0.3) is 0 Å². The van der Waals surface area contributed by atoms with Crippen LogP contribution in [0, 0.1) is 34.5 Å². The highest BCUT2D eigenvalue weighted by Crippen LogP contribution is 2.59. The van der Waals surface area contributed by atoms with Gasteiger partial charge in [-0.25, -0.2) is 9.97 Å². The minimum absolute atomic E-state index is 0.291. The lowest BCUT2D eigenvalue weighted by Gasteiger charge is -2.59. The van der Waals surface area contributed by atoms with Gasteiger partial charge in [0, 0.05) is 30.9 Å². The third-order valence-electron chi connectivity index (χ3n) is 7.58. The number of hydrogen-bond acceptors (Lipinski definition) is 8. The Morgan fingerprint density at radius 1 is 1.22 bits per heavy atom. The van der Waals surface area contributed by atoms with Gasteiger partial charge in [0.05, 0.1) is 6.20 Å². The summed E-state index contributed by atoms with van der Waals surface area (Å²) in [5.74, 6) is 4.27. The van der Waals surface area contributed by atoms with Gasteiger partial charge in [0.1, 0.15) is 22.5 Å². The van der Waals surface area contributed by atoms with Gasteiger partial charge >= 0.3 is 0 Å². The van der Waals surface area contributed by atoms with E-state index in [0.29, 0.717) is 47.2 Å². The molecule has 6 rings (SSSR count). The Morgan fingerprint density at radius 2 is 2.03 bits per heavy atom. The Hall–Kier alpha value is -2.37. The summed E-state index contributed by atoms with van der Waals surface area (Å²) in [7, 11) is 0. The van der Waals surface area contributed by atoms with E-state index in [-0.39, 0.29) is 0 Å². The first kappa shape index (κ1) is 21.5. The first-order valence-electron chi connectivity index (χ1n) is 11.7. The van der Waals surface area contributed by atoms with Crippen LogP contribution in [0.2, 0.25) is 0 Å². The molecule has 4 bridgehead atoms. The van der Waals surface area contributed by atoms with Crippen LogP contribution in [0.3, 0.4) is 0 Å². The van der Waals surface area contributed by atoms with Gasteiger partial charge in [0.2, 0.25) is 5.95 Å². The number of anilines is 2. The van der Waals surface area contributed by atoms with E-state index in [1.165, 1.54) is 32.1 Å². The van der Waals surface area contributed by atoms with Crippen LogP contribution in [0.1, 0.15) is 50.2 Å². The number of rotatable bonds is 8. The van der Waals surface area contributed by atoms with Crippen LogP contribution < -0.4 is 16.4 Å². The van der Waals surface area contributed by atoms with Crippen LogP contribution in [0.4, 0.5) is 11.8 Å². The van der Waals surface area contributed by atoms with E-state index >= 15 is 0 Å². The Morgan fingerprint density at radius 3 is 2.78 bits per heavy atom. The summed E-state index contributed by atoms with van der Waals surface area (Å²) in [6.45, 7) is 3.57. The fraction of sp³-hybridized carbons (Fsp3) is 0.583. The van der Waals surface area contributed by atoms with Crippen LogP contribution in [-0.2, 0) is 6.54 Å². The zero-order valence-corrected chi connectivity index (χ0v) is 19.4. The summed E-state index contributed by atoms with van der Waals surface area (Å²) in [6.07, 6.45) is 9.71. The molecule has 0 saturated heterocycles. The van der Waals surface area contributed by atoms with Crippen LogP contribution in [-0.4, -0.2) is 33.3 Å². The summed E-state index contributed by atoms with van der Waals surface area (Å²) >= 11 is 1.73.